The summed E-state index contributed by atoms with van der Waals surface area (Å²) in [6.45, 7) is 0. The van der Waals surface area contributed by atoms with Crippen molar-refractivity contribution in [2.75, 3.05) is 18.7 Å². The first-order valence-electron chi connectivity index (χ1n) is 7.27. The first kappa shape index (κ1) is 16.1. The lowest BCUT2D eigenvalue weighted by atomic mass is 10.1. The van der Waals surface area contributed by atoms with Crippen molar-refractivity contribution in [1.82, 2.24) is 5.16 Å². The molecule has 6 heteroatoms. The van der Waals surface area contributed by atoms with E-state index in [1.807, 2.05) is 54.8 Å². The molecule has 0 saturated heterocycles. The summed E-state index contributed by atoms with van der Waals surface area (Å²) in [6.07, 6.45) is 1.98. The summed E-state index contributed by atoms with van der Waals surface area (Å²) in [6, 6.07) is 16.6. The molecule has 122 valence electrons. The average molecular weight is 340 g/mol. The van der Waals surface area contributed by atoms with Crippen LogP contribution in [-0.4, -0.2) is 24.4 Å². The highest BCUT2D eigenvalue weighted by molar-refractivity contribution is 7.98. The van der Waals surface area contributed by atoms with Gasteiger partial charge in [-0.15, -0.1) is 11.8 Å². The Kier molecular flexibility index (Phi) is 4.86. The highest BCUT2D eigenvalue weighted by atomic mass is 32.2. The monoisotopic (exact) mass is 340 g/mol. The molecule has 1 N–H and O–H groups in total. The summed E-state index contributed by atoms with van der Waals surface area (Å²) < 4.78 is 10.6. The third kappa shape index (κ3) is 3.44. The van der Waals surface area contributed by atoms with Crippen molar-refractivity contribution >= 4 is 23.4 Å². The smallest absolute Gasteiger partial charge is 0.277 e. The Morgan fingerprint density at radius 3 is 2.79 bits per heavy atom. The minimum Gasteiger partial charge on any atom is -0.496 e. The van der Waals surface area contributed by atoms with Crippen molar-refractivity contribution in [1.29, 1.82) is 0 Å². The Hall–Kier alpha value is -2.73. The summed E-state index contributed by atoms with van der Waals surface area (Å²) in [5, 5.41) is 6.68. The standard InChI is InChI=1S/C18H16N2O3S/c1-22-16-9-4-3-8-14(16)17-11-15(20-23-17)18(21)19-12-6-5-7-13(10-12)24-2/h3-11H,1-2H3,(H,19,21). The number of carbonyl (C=O) groups is 1. The largest absolute Gasteiger partial charge is 0.496 e. The van der Waals surface area contributed by atoms with E-state index in [0.29, 0.717) is 17.2 Å². The summed E-state index contributed by atoms with van der Waals surface area (Å²) >= 11 is 1.61. The number of rotatable bonds is 5. The highest BCUT2D eigenvalue weighted by Gasteiger charge is 2.16. The van der Waals surface area contributed by atoms with E-state index in [9.17, 15) is 4.79 Å². The van der Waals surface area contributed by atoms with E-state index >= 15 is 0 Å². The van der Waals surface area contributed by atoms with Crippen LogP contribution in [0.2, 0.25) is 0 Å². The Labute approximate surface area is 144 Å². The van der Waals surface area contributed by atoms with Gasteiger partial charge >= 0.3 is 0 Å². The van der Waals surface area contributed by atoms with Crippen LogP contribution in [-0.2, 0) is 0 Å². The highest BCUT2D eigenvalue weighted by Crippen LogP contribution is 2.30. The van der Waals surface area contributed by atoms with Crippen LogP contribution in [0, 0.1) is 0 Å². The number of hydrogen-bond donors (Lipinski definition) is 1. The summed E-state index contributed by atoms with van der Waals surface area (Å²) in [7, 11) is 1.58. The maximum Gasteiger partial charge on any atom is 0.277 e. The van der Waals surface area contributed by atoms with Crippen molar-refractivity contribution in [2.24, 2.45) is 0 Å². The van der Waals surface area contributed by atoms with Gasteiger partial charge in [0.15, 0.2) is 11.5 Å². The molecule has 0 atom stereocenters. The summed E-state index contributed by atoms with van der Waals surface area (Å²) in [4.78, 5) is 13.4. The zero-order valence-corrected chi connectivity index (χ0v) is 14.1. The number of thioether (sulfide) groups is 1. The second-order valence-electron chi connectivity index (χ2n) is 4.96. The molecule has 2 aromatic carbocycles. The molecule has 0 spiro atoms. The minimum absolute atomic E-state index is 0.213. The van der Waals surface area contributed by atoms with Crippen molar-refractivity contribution in [3.8, 4) is 17.1 Å². The van der Waals surface area contributed by atoms with Gasteiger partial charge < -0.3 is 14.6 Å². The van der Waals surface area contributed by atoms with Gasteiger partial charge in [-0.2, -0.15) is 0 Å². The Bertz CT molecular complexity index is 861. The predicted molar refractivity (Wildman–Crippen MR) is 94.7 cm³/mol. The topological polar surface area (TPSA) is 64.4 Å². The molecular formula is C18H16N2O3S. The predicted octanol–water partition coefficient (Wildman–Crippen LogP) is 4.32. The molecule has 0 radical (unpaired) electrons. The molecule has 0 unspecified atom stereocenters. The Morgan fingerprint density at radius 1 is 1.17 bits per heavy atom. The quantitative estimate of drug-likeness (QED) is 0.701. The Balaban J connectivity index is 1.81. The second-order valence-corrected chi connectivity index (χ2v) is 5.84. The van der Waals surface area contributed by atoms with Crippen LogP contribution < -0.4 is 10.1 Å². The lowest BCUT2D eigenvalue weighted by Gasteiger charge is -2.04. The van der Waals surface area contributed by atoms with Crippen LogP contribution in [0.15, 0.2) is 64.0 Å². The molecule has 3 rings (SSSR count). The Morgan fingerprint density at radius 2 is 2.00 bits per heavy atom. The fraction of sp³-hybridized carbons (Fsp3) is 0.111. The van der Waals surface area contributed by atoms with Crippen LogP contribution in [0.3, 0.4) is 0 Å². The number of nitrogens with one attached hydrogen (secondary N) is 1. The van der Waals surface area contributed by atoms with Crippen LogP contribution >= 0.6 is 11.8 Å². The summed E-state index contributed by atoms with van der Waals surface area (Å²) in [5.74, 6) is 0.821. The molecular weight excluding hydrogens is 324 g/mol. The van der Waals surface area contributed by atoms with Crippen molar-refractivity contribution in [2.45, 2.75) is 4.90 Å². The molecule has 0 saturated carbocycles. The van der Waals surface area contributed by atoms with E-state index in [0.717, 1.165) is 10.5 Å². The molecule has 0 bridgehead atoms. The van der Waals surface area contributed by atoms with Crippen LogP contribution in [0.5, 0.6) is 5.75 Å². The van der Waals surface area contributed by atoms with E-state index in [4.69, 9.17) is 9.26 Å². The average Bonchev–Trinajstić information content (AvgIpc) is 3.12. The number of nitrogens with zero attached hydrogens (tertiary/aromatic N) is 1. The number of methoxy groups -OCH3 is 1. The first-order valence-corrected chi connectivity index (χ1v) is 8.49. The van der Waals surface area contributed by atoms with Crippen LogP contribution in [0.25, 0.3) is 11.3 Å². The molecule has 0 aliphatic carbocycles. The van der Waals surface area contributed by atoms with Gasteiger partial charge in [-0.1, -0.05) is 23.4 Å². The van der Waals surface area contributed by atoms with E-state index in [1.54, 1.807) is 24.9 Å². The molecule has 1 amide bonds. The van der Waals surface area contributed by atoms with Gasteiger partial charge in [-0.25, -0.2) is 0 Å². The zero-order valence-electron chi connectivity index (χ0n) is 13.3. The van der Waals surface area contributed by atoms with Gasteiger partial charge in [-0.05, 0) is 36.6 Å². The van der Waals surface area contributed by atoms with E-state index in [2.05, 4.69) is 10.5 Å². The normalized spacial score (nSPS) is 10.4. The molecule has 0 fully saturated rings. The molecule has 1 heterocycles. The van der Waals surface area contributed by atoms with Crippen molar-refractivity contribution < 1.29 is 14.1 Å². The number of hydrogen-bond acceptors (Lipinski definition) is 5. The van der Waals surface area contributed by atoms with Gasteiger partial charge in [0.05, 0.1) is 12.7 Å². The third-order valence-corrected chi connectivity index (χ3v) is 4.17. The van der Waals surface area contributed by atoms with E-state index in [1.165, 1.54) is 0 Å². The molecule has 24 heavy (non-hydrogen) atoms. The molecule has 0 aliphatic heterocycles. The maximum atomic E-state index is 12.3. The van der Waals surface area contributed by atoms with E-state index in [-0.39, 0.29) is 11.6 Å². The molecule has 1 aromatic heterocycles. The number of benzene rings is 2. The second kappa shape index (κ2) is 7.23. The van der Waals surface area contributed by atoms with Crippen LogP contribution in [0.4, 0.5) is 5.69 Å². The number of aromatic nitrogens is 1. The minimum atomic E-state index is -0.321. The third-order valence-electron chi connectivity index (χ3n) is 3.44. The van der Waals surface area contributed by atoms with Gasteiger partial charge in [0, 0.05) is 16.6 Å². The number of carbonyl (C=O) groups excluding carboxylic acids is 1. The van der Waals surface area contributed by atoms with Gasteiger partial charge in [-0.3, -0.25) is 4.79 Å². The lowest BCUT2D eigenvalue weighted by molar-refractivity contribution is 0.101. The number of para-hydroxylation sites is 1. The fourth-order valence-corrected chi connectivity index (χ4v) is 2.71. The first-order chi connectivity index (χ1) is 11.7. The van der Waals surface area contributed by atoms with Crippen molar-refractivity contribution in [3.05, 3.63) is 60.3 Å². The van der Waals surface area contributed by atoms with Gasteiger partial charge in [0.25, 0.3) is 5.91 Å². The number of anilines is 1. The number of ether oxygens (including phenoxy) is 1. The maximum absolute atomic E-state index is 12.3. The van der Waals surface area contributed by atoms with Gasteiger partial charge in [0.1, 0.15) is 5.75 Å². The molecule has 0 aliphatic rings. The van der Waals surface area contributed by atoms with Crippen molar-refractivity contribution in [3.63, 3.8) is 0 Å². The SMILES string of the molecule is COc1ccccc1-c1cc(C(=O)Nc2cccc(SC)c2)no1. The van der Waals surface area contributed by atoms with E-state index < -0.39 is 0 Å². The zero-order chi connectivity index (χ0) is 16.9. The summed E-state index contributed by atoms with van der Waals surface area (Å²) in [5.41, 5.74) is 1.68. The van der Waals surface area contributed by atoms with Gasteiger partial charge in [0.2, 0.25) is 0 Å². The van der Waals surface area contributed by atoms with Crippen LogP contribution in [0.1, 0.15) is 10.5 Å². The fourth-order valence-electron chi connectivity index (χ4n) is 2.25. The number of amides is 1. The molecule has 3 aromatic rings. The lowest BCUT2D eigenvalue weighted by Crippen LogP contribution is -2.12. The molecule has 5 nitrogen and oxygen atoms in total.